The fourth-order valence-electron chi connectivity index (χ4n) is 11.3. The summed E-state index contributed by atoms with van der Waals surface area (Å²) < 4.78 is 23.0. The average Bonchev–Trinajstić information content (AvgIpc) is 3.59. The predicted molar refractivity (Wildman–Crippen MR) is 374 cm³/mol. The maximum atomic E-state index is 13.0. The Morgan fingerprint density at radius 3 is 0.931 bits per heavy atom. The number of hydrogen-bond acceptors (Lipinski definition) is 7. The first-order valence-electron chi connectivity index (χ1n) is 37.8. The Morgan fingerprint density at radius 1 is 0.345 bits per heavy atom. The first-order valence-corrected chi connectivity index (χ1v) is 37.8. The number of carbonyl (C=O) groups excluding carboxylic acids is 2. The number of unbranched alkanes of at least 4 members (excludes halogenated alkanes) is 48. The van der Waals surface area contributed by atoms with E-state index in [1.165, 1.54) is 295 Å². The second-order valence-corrected chi connectivity index (χ2v) is 27.0. The summed E-state index contributed by atoms with van der Waals surface area (Å²) in [5.41, 5.74) is 0. The van der Waals surface area contributed by atoms with Crippen molar-refractivity contribution in [2.24, 2.45) is 0 Å². The van der Waals surface area contributed by atoms with Gasteiger partial charge in [0.25, 0.3) is 6.29 Å². The molecule has 2 atom stereocenters. The van der Waals surface area contributed by atoms with Crippen LogP contribution in [0.3, 0.4) is 0 Å². The second kappa shape index (κ2) is 69.1. The van der Waals surface area contributed by atoms with Crippen molar-refractivity contribution < 1.29 is 42.9 Å². The minimum absolute atomic E-state index is 0.177. The lowest BCUT2D eigenvalue weighted by molar-refractivity contribution is -0.870. The van der Waals surface area contributed by atoms with E-state index in [0.29, 0.717) is 17.4 Å². The molecule has 0 spiro atoms. The Labute approximate surface area is 540 Å². The number of nitrogens with zero attached hydrogens (tertiary/aromatic N) is 1. The van der Waals surface area contributed by atoms with E-state index in [4.69, 9.17) is 18.9 Å². The average molecular weight is 1230 g/mol. The zero-order valence-electron chi connectivity index (χ0n) is 58.5. The van der Waals surface area contributed by atoms with Gasteiger partial charge in [0.1, 0.15) is 13.2 Å². The van der Waals surface area contributed by atoms with E-state index in [0.717, 1.165) is 51.4 Å². The highest BCUT2D eigenvalue weighted by molar-refractivity contribution is 5.71. The van der Waals surface area contributed by atoms with Crippen LogP contribution in [0, 0.1) is 0 Å². The number of hydrogen-bond donors (Lipinski definition) is 1. The van der Waals surface area contributed by atoms with Crippen molar-refractivity contribution in [3.8, 4) is 0 Å². The highest BCUT2D eigenvalue weighted by Crippen LogP contribution is 2.19. The molecule has 0 aromatic rings. The van der Waals surface area contributed by atoms with Gasteiger partial charge in [0.2, 0.25) is 0 Å². The van der Waals surface area contributed by atoms with E-state index in [2.05, 4.69) is 62.5 Å². The van der Waals surface area contributed by atoms with Crippen LogP contribution in [0.5, 0.6) is 0 Å². The molecule has 0 aliphatic carbocycles. The minimum atomic E-state index is -1.51. The number of carboxylic acid groups (broad SMARTS) is 1. The first-order chi connectivity index (χ1) is 42.6. The van der Waals surface area contributed by atoms with E-state index < -0.39 is 18.4 Å². The highest BCUT2D eigenvalue weighted by atomic mass is 16.7. The lowest BCUT2D eigenvalue weighted by Crippen LogP contribution is -2.40. The molecule has 0 aliphatic rings. The molecule has 0 aromatic heterocycles. The summed E-state index contributed by atoms with van der Waals surface area (Å²) in [6.45, 7) is 4.93. The van der Waals surface area contributed by atoms with E-state index in [-0.39, 0.29) is 38.2 Å². The van der Waals surface area contributed by atoms with Crippen molar-refractivity contribution in [2.75, 3.05) is 47.5 Å². The summed E-state index contributed by atoms with van der Waals surface area (Å²) in [4.78, 5) is 37.7. The van der Waals surface area contributed by atoms with E-state index in [1.807, 2.05) is 21.1 Å². The van der Waals surface area contributed by atoms with Gasteiger partial charge in [0.15, 0.2) is 6.10 Å². The minimum Gasteiger partial charge on any atom is -0.477 e. The standard InChI is InChI=1S/C78H145NO8/c1-6-8-10-12-14-16-18-20-22-24-26-28-30-32-34-36-37-38-39-41-43-45-47-49-51-53-55-57-59-61-63-65-67-69-76(81)87-74(73-86-78(77(82)83)84-71-70-79(3,4)5)72-85-75(80)68-66-64-62-60-58-56-54-52-50-48-46-44-42-40-35-33-31-29-27-25-23-21-19-17-15-13-11-9-7-2/h18,20,24-27,30,32,74,78H,6-17,19,21-23,28-29,31,33-73H2,1-5H3/p+1/b20-18-,26-24-,27-25-,32-30-. The number of ether oxygens (including phenoxy) is 4. The van der Waals surface area contributed by atoms with E-state index >= 15 is 0 Å². The maximum absolute atomic E-state index is 13.0. The van der Waals surface area contributed by atoms with Crippen molar-refractivity contribution in [2.45, 2.75) is 386 Å². The number of quaternary nitrogens is 1. The van der Waals surface area contributed by atoms with Gasteiger partial charge >= 0.3 is 17.9 Å². The number of aliphatic carboxylic acids is 1. The van der Waals surface area contributed by atoms with Crippen LogP contribution >= 0.6 is 0 Å². The van der Waals surface area contributed by atoms with Crippen molar-refractivity contribution in [3.63, 3.8) is 0 Å². The molecule has 0 fully saturated rings. The molecule has 0 rings (SSSR count). The number of rotatable bonds is 71. The Kier molecular flexibility index (Phi) is 67.0. The Hall–Kier alpha value is -2.75. The Morgan fingerprint density at radius 2 is 0.621 bits per heavy atom. The molecule has 0 amide bonds. The number of carbonyl (C=O) groups is 3. The molecule has 87 heavy (non-hydrogen) atoms. The lowest BCUT2D eigenvalue weighted by atomic mass is 10.0. The molecule has 9 nitrogen and oxygen atoms in total. The molecule has 9 heteroatoms. The summed E-state index contributed by atoms with van der Waals surface area (Å²) in [6, 6.07) is 0. The molecule has 0 saturated carbocycles. The lowest BCUT2D eigenvalue weighted by Gasteiger charge is -2.25. The predicted octanol–water partition coefficient (Wildman–Crippen LogP) is 23.7. The molecular formula is C78H146NO8+. The Balaban J connectivity index is 4.03. The summed E-state index contributed by atoms with van der Waals surface area (Å²) in [5.74, 6) is -1.98. The summed E-state index contributed by atoms with van der Waals surface area (Å²) >= 11 is 0. The van der Waals surface area contributed by atoms with Crippen molar-refractivity contribution in [3.05, 3.63) is 48.6 Å². The topological polar surface area (TPSA) is 108 Å². The maximum Gasteiger partial charge on any atom is 0.361 e. The van der Waals surface area contributed by atoms with Crippen molar-refractivity contribution >= 4 is 17.9 Å². The second-order valence-electron chi connectivity index (χ2n) is 27.0. The molecule has 0 saturated heterocycles. The number of carboxylic acids is 1. The molecule has 0 bridgehead atoms. The van der Waals surface area contributed by atoms with Gasteiger partial charge in [0.05, 0.1) is 34.4 Å². The van der Waals surface area contributed by atoms with Gasteiger partial charge in [-0.3, -0.25) is 9.59 Å². The summed E-state index contributed by atoms with van der Waals surface area (Å²) in [7, 11) is 5.99. The van der Waals surface area contributed by atoms with Crippen LogP contribution in [-0.4, -0.2) is 87.4 Å². The normalized spacial score (nSPS) is 12.9. The molecule has 0 aliphatic heterocycles. The van der Waals surface area contributed by atoms with Gasteiger partial charge in [-0.2, -0.15) is 0 Å². The quantitative estimate of drug-likeness (QED) is 0.0211. The Bertz CT molecular complexity index is 1570. The van der Waals surface area contributed by atoms with Crippen LogP contribution in [0.15, 0.2) is 48.6 Å². The van der Waals surface area contributed by atoms with Gasteiger partial charge < -0.3 is 28.5 Å². The third kappa shape index (κ3) is 70.6. The van der Waals surface area contributed by atoms with Crippen LogP contribution in [0.4, 0.5) is 0 Å². The number of likely N-dealkylation sites (N-methyl/N-ethyl adjacent to an activating group) is 1. The highest BCUT2D eigenvalue weighted by Gasteiger charge is 2.25. The van der Waals surface area contributed by atoms with Gasteiger partial charge in [0, 0.05) is 12.8 Å². The largest absolute Gasteiger partial charge is 0.477 e. The molecule has 510 valence electrons. The third-order valence-corrected chi connectivity index (χ3v) is 17.1. The van der Waals surface area contributed by atoms with Crippen LogP contribution in [-0.2, 0) is 33.3 Å². The fourth-order valence-corrected chi connectivity index (χ4v) is 11.3. The van der Waals surface area contributed by atoms with Gasteiger partial charge in [-0.05, 0) is 77.0 Å². The number of allylic oxidation sites excluding steroid dienone is 8. The third-order valence-electron chi connectivity index (χ3n) is 17.1. The molecule has 0 radical (unpaired) electrons. The zero-order chi connectivity index (χ0) is 63.3. The van der Waals surface area contributed by atoms with Crippen molar-refractivity contribution in [1.29, 1.82) is 0 Å². The van der Waals surface area contributed by atoms with Gasteiger partial charge in [-0.25, -0.2) is 4.79 Å². The fraction of sp³-hybridized carbons (Fsp3) is 0.859. The van der Waals surface area contributed by atoms with E-state index in [9.17, 15) is 19.5 Å². The van der Waals surface area contributed by atoms with Crippen LogP contribution in [0.2, 0.25) is 0 Å². The molecule has 0 aromatic carbocycles. The number of esters is 2. The smallest absolute Gasteiger partial charge is 0.361 e. The summed E-state index contributed by atoms with van der Waals surface area (Å²) in [6.07, 6.45) is 86.7. The van der Waals surface area contributed by atoms with E-state index in [1.54, 1.807) is 0 Å². The van der Waals surface area contributed by atoms with Gasteiger partial charge in [-0.15, -0.1) is 0 Å². The zero-order valence-corrected chi connectivity index (χ0v) is 58.5. The van der Waals surface area contributed by atoms with Gasteiger partial charge in [-0.1, -0.05) is 332 Å². The molecule has 2 unspecified atom stereocenters. The monoisotopic (exact) mass is 1230 g/mol. The molecule has 0 heterocycles. The summed E-state index contributed by atoms with van der Waals surface area (Å²) in [5, 5.41) is 9.76. The molecular weight excluding hydrogens is 1080 g/mol. The SMILES string of the molecule is CCCCCCC/C=C\C/C=C\C/C=C\CCCCCCCCCCCCCCCCCCCCC(=O)OC(COC(=O)CCCCCCCCCCCCCCCCCCC/C=C\CCCCCCCCCC)COC(OCC[N+](C)(C)C)C(=O)O. The van der Waals surface area contributed by atoms with Crippen LogP contribution in [0.1, 0.15) is 373 Å². The first kappa shape index (κ1) is 84.2. The molecule has 1 N–H and O–H groups in total. The van der Waals surface area contributed by atoms with Crippen LogP contribution in [0.25, 0.3) is 0 Å². The van der Waals surface area contributed by atoms with Crippen LogP contribution < -0.4 is 0 Å². The van der Waals surface area contributed by atoms with Crippen molar-refractivity contribution in [1.82, 2.24) is 0 Å².